The topological polar surface area (TPSA) is 101 Å². The van der Waals surface area contributed by atoms with E-state index < -0.39 is 4.92 Å². The summed E-state index contributed by atoms with van der Waals surface area (Å²) in [6, 6.07) is 1.50. The number of hydrogen-bond donors (Lipinski definition) is 2. The summed E-state index contributed by atoms with van der Waals surface area (Å²) in [6.07, 6.45) is 7.16. The van der Waals surface area contributed by atoms with Crippen molar-refractivity contribution in [2.45, 2.75) is 31.6 Å². The lowest BCUT2D eigenvalue weighted by atomic mass is 9.73. The fraction of sp³-hybridized carbons (Fsp3) is 0.312. The summed E-state index contributed by atoms with van der Waals surface area (Å²) in [7, 11) is 0. The third-order valence-corrected chi connectivity index (χ3v) is 4.80. The van der Waals surface area contributed by atoms with Crippen LogP contribution in [0.3, 0.4) is 0 Å². The monoisotopic (exact) mass is 313 g/mol. The predicted molar refractivity (Wildman–Crippen MR) is 82.1 cm³/mol. The average molecular weight is 313 g/mol. The number of allylic oxidation sites excluding steroid dienone is 2. The van der Waals surface area contributed by atoms with E-state index in [0.29, 0.717) is 5.56 Å². The van der Waals surface area contributed by atoms with Crippen LogP contribution in [0.2, 0.25) is 0 Å². The fourth-order valence-corrected chi connectivity index (χ4v) is 3.68. The first-order valence-corrected chi connectivity index (χ1v) is 7.45. The van der Waals surface area contributed by atoms with Crippen LogP contribution >= 0.6 is 0 Å². The molecule has 2 aromatic rings. The Morgan fingerprint density at radius 3 is 2.22 bits per heavy atom. The highest BCUT2D eigenvalue weighted by Gasteiger charge is 2.38. The molecule has 0 fully saturated rings. The third kappa shape index (κ3) is 1.79. The molecule has 2 bridgehead atoms. The Kier molecular flexibility index (Phi) is 2.75. The number of hydrogen-bond acceptors (Lipinski definition) is 5. The number of aromatic hydroxyl groups is 2. The Labute approximate surface area is 131 Å². The van der Waals surface area contributed by atoms with Crippen molar-refractivity contribution in [3.8, 4) is 17.6 Å². The van der Waals surface area contributed by atoms with Crippen molar-refractivity contribution in [2.75, 3.05) is 0 Å². The van der Waals surface area contributed by atoms with Crippen molar-refractivity contribution < 1.29 is 15.1 Å². The molecule has 7 heteroatoms. The van der Waals surface area contributed by atoms with Gasteiger partial charge in [0.2, 0.25) is 11.8 Å². The zero-order valence-electron chi connectivity index (χ0n) is 12.4. The molecule has 3 aliphatic rings. The molecule has 2 N–H and O–H groups in total. The molecule has 0 spiro atoms. The number of nitro groups is 1. The van der Waals surface area contributed by atoms with E-state index in [1.165, 1.54) is 10.6 Å². The molecule has 0 radical (unpaired) electrons. The van der Waals surface area contributed by atoms with Crippen LogP contribution < -0.4 is 0 Å². The molecule has 0 amide bonds. The third-order valence-electron chi connectivity index (χ3n) is 4.80. The molecule has 0 aromatic carbocycles. The average Bonchev–Trinajstić information content (AvgIpc) is 2.82. The van der Waals surface area contributed by atoms with E-state index in [1.807, 2.05) is 0 Å². The Balaban J connectivity index is 1.90. The standard InChI is InChI=1S/C16H15N3O4/c1-8-6-12(17-7-11(8)19(22)23)18-15(20)13-9-2-3-10(5-4-9)14(13)16(18)21/h2-3,6-7,9-10,20-21H,4-5H2,1H3/t9-,10+. The Morgan fingerprint density at radius 1 is 1.22 bits per heavy atom. The summed E-state index contributed by atoms with van der Waals surface area (Å²) in [6.45, 7) is 1.60. The lowest BCUT2D eigenvalue weighted by Gasteiger charge is -2.30. The van der Waals surface area contributed by atoms with Gasteiger partial charge in [0.15, 0.2) is 0 Å². The van der Waals surface area contributed by atoms with E-state index >= 15 is 0 Å². The van der Waals surface area contributed by atoms with Gasteiger partial charge in [0.1, 0.15) is 12.0 Å². The smallest absolute Gasteiger partial charge is 0.290 e. The number of rotatable bonds is 2. The molecule has 7 nitrogen and oxygen atoms in total. The van der Waals surface area contributed by atoms with Crippen molar-refractivity contribution in [1.82, 2.24) is 9.55 Å². The predicted octanol–water partition coefficient (Wildman–Crippen LogP) is 3.03. The first-order valence-electron chi connectivity index (χ1n) is 7.45. The summed E-state index contributed by atoms with van der Waals surface area (Å²) in [5, 5.41) is 32.1. The Hall–Kier alpha value is -2.83. The van der Waals surface area contributed by atoms with Gasteiger partial charge in [0.25, 0.3) is 5.69 Å². The maximum Gasteiger partial charge on any atom is 0.290 e. The molecular weight excluding hydrogens is 298 g/mol. The second-order valence-electron chi connectivity index (χ2n) is 6.07. The molecule has 23 heavy (non-hydrogen) atoms. The first kappa shape index (κ1) is 13.8. The normalized spacial score (nSPS) is 21.4. The van der Waals surface area contributed by atoms with Gasteiger partial charge in [-0.1, -0.05) is 12.2 Å². The van der Waals surface area contributed by atoms with Gasteiger partial charge in [-0.2, -0.15) is 0 Å². The van der Waals surface area contributed by atoms with Crippen molar-refractivity contribution in [3.05, 3.63) is 51.2 Å². The van der Waals surface area contributed by atoms with Crippen molar-refractivity contribution in [2.24, 2.45) is 0 Å². The number of pyridine rings is 1. The molecule has 118 valence electrons. The number of aryl methyl sites for hydroxylation is 1. The quantitative estimate of drug-likeness (QED) is 0.504. The highest BCUT2D eigenvalue weighted by atomic mass is 16.6. The van der Waals surface area contributed by atoms with Gasteiger partial charge in [-0.25, -0.2) is 9.55 Å². The van der Waals surface area contributed by atoms with Crippen LogP contribution in [0.4, 0.5) is 5.69 Å². The maximum absolute atomic E-state index is 10.9. The minimum atomic E-state index is -0.503. The van der Waals surface area contributed by atoms with Crippen molar-refractivity contribution in [3.63, 3.8) is 0 Å². The van der Waals surface area contributed by atoms with E-state index in [-0.39, 0.29) is 35.1 Å². The van der Waals surface area contributed by atoms with Gasteiger partial charge in [0, 0.05) is 28.5 Å². The lowest BCUT2D eigenvalue weighted by Crippen LogP contribution is -2.15. The van der Waals surface area contributed by atoms with Gasteiger partial charge in [-0.3, -0.25) is 10.1 Å². The van der Waals surface area contributed by atoms with E-state index in [9.17, 15) is 20.3 Å². The molecule has 2 aromatic heterocycles. The fourth-order valence-electron chi connectivity index (χ4n) is 3.68. The van der Waals surface area contributed by atoms with Gasteiger partial charge in [-0.15, -0.1) is 0 Å². The zero-order valence-corrected chi connectivity index (χ0v) is 12.4. The van der Waals surface area contributed by atoms with Gasteiger partial charge in [0.05, 0.1) is 4.92 Å². The van der Waals surface area contributed by atoms with Crippen LogP contribution in [0.5, 0.6) is 11.8 Å². The van der Waals surface area contributed by atoms with E-state index in [2.05, 4.69) is 17.1 Å². The zero-order chi connectivity index (χ0) is 16.3. The van der Waals surface area contributed by atoms with Crippen LogP contribution in [0.1, 0.15) is 41.4 Å². The minimum absolute atomic E-state index is 0.0303. The second kappa shape index (κ2) is 4.58. The maximum atomic E-state index is 10.9. The Morgan fingerprint density at radius 2 is 1.78 bits per heavy atom. The van der Waals surface area contributed by atoms with Crippen LogP contribution in [0.25, 0.3) is 5.82 Å². The van der Waals surface area contributed by atoms with Gasteiger partial charge < -0.3 is 10.2 Å². The largest absolute Gasteiger partial charge is 0.494 e. The van der Waals surface area contributed by atoms with E-state index in [4.69, 9.17) is 0 Å². The van der Waals surface area contributed by atoms with Crippen LogP contribution in [-0.4, -0.2) is 24.7 Å². The summed E-state index contributed by atoms with van der Waals surface area (Å²) < 4.78 is 1.28. The molecule has 5 rings (SSSR count). The van der Waals surface area contributed by atoms with Gasteiger partial charge in [-0.05, 0) is 25.8 Å². The summed E-state index contributed by atoms with van der Waals surface area (Å²) >= 11 is 0. The SMILES string of the molecule is Cc1cc(-n2c(O)c3c(c2O)[C@H]2C=C[C@@H]3CC2)ncc1[N+](=O)[O-]. The van der Waals surface area contributed by atoms with Crippen molar-refractivity contribution in [1.29, 1.82) is 0 Å². The van der Waals surface area contributed by atoms with Crippen molar-refractivity contribution >= 4 is 5.69 Å². The number of aromatic nitrogens is 2. The van der Waals surface area contributed by atoms with Crippen LogP contribution in [0, 0.1) is 17.0 Å². The summed E-state index contributed by atoms with van der Waals surface area (Å²) in [5.41, 5.74) is 1.83. The van der Waals surface area contributed by atoms with E-state index in [1.54, 1.807) is 6.92 Å². The molecule has 0 saturated carbocycles. The Bertz CT molecular complexity index is 831. The molecule has 0 saturated heterocycles. The van der Waals surface area contributed by atoms with E-state index in [0.717, 1.165) is 30.2 Å². The highest BCUT2D eigenvalue weighted by Crippen LogP contribution is 2.54. The highest BCUT2D eigenvalue weighted by molar-refractivity contribution is 5.59. The number of fused-ring (bicyclic) bond motifs is 1. The van der Waals surface area contributed by atoms with Crippen LogP contribution in [-0.2, 0) is 0 Å². The molecular formula is C16H15N3O4. The minimum Gasteiger partial charge on any atom is -0.494 e. The second-order valence-corrected chi connectivity index (χ2v) is 6.07. The number of nitrogens with zero attached hydrogens (tertiary/aromatic N) is 3. The van der Waals surface area contributed by atoms with Gasteiger partial charge >= 0.3 is 0 Å². The molecule has 0 unspecified atom stereocenters. The lowest BCUT2D eigenvalue weighted by molar-refractivity contribution is -0.385. The summed E-state index contributed by atoms with van der Waals surface area (Å²) in [5.74, 6) is 0.411. The van der Waals surface area contributed by atoms with Crippen LogP contribution in [0.15, 0.2) is 24.4 Å². The summed E-state index contributed by atoms with van der Waals surface area (Å²) in [4.78, 5) is 14.5. The molecule has 3 aliphatic carbocycles. The molecule has 2 heterocycles. The molecule has 0 aliphatic heterocycles. The molecule has 2 atom stereocenters. The first-order chi connectivity index (χ1) is 11.0.